The number of ketones is 1. The molecule has 0 aromatic heterocycles. The first-order valence-corrected chi connectivity index (χ1v) is 11.3. The van der Waals surface area contributed by atoms with Crippen molar-refractivity contribution < 1.29 is 19.4 Å². The summed E-state index contributed by atoms with van der Waals surface area (Å²) < 4.78 is 5.40. The predicted molar refractivity (Wildman–Crippen MR) is 124 cm³/mol. The number of amides is 1. The lowest BCUT2D eigenvalue weighted by Gasteiger charge is -2.31. The first-order valence-electron chi connectivity index (χ1n) is 10.9. The average Bonchev–Trinajstić information content (AvgIpc) is 3.08. The fraction of sp³-hybridized carbons (Fsp3) is 0.360. The van der Waals surface area contributed by atoms with Crippen molar-refractivity contribution in [2.24, 2.45) is 0 Å². The van der Waals surface area contributed by atoms with Crippen molar-refractivity contribution in [1.82, 2.24) is 9.80 Å². The van der Waals surface area contributed by atoms with Crippen LogP contribution in [0.5, 0.6) is 0 Å². The summed E-state index contributed by atoms with van der Waals surface area (Å²) in [6, 6.07) is 13.8. The Morgan fingerprint density at radius 1 is 1.03 bits per heavy atom. The molecule has 1 unspecified atom stereocenters. The monoisotopic (exact) mass is 454 g/mol. The molecule has 32 heavy (non-hydrogen) atoms. The molecule has 2 aliphatic rings. The van der Waals surface area contributed by atoms with Crippen molar-refractivity contribution in [3.8, 4) is 0 Å². The van der Waals surface area contributed by atoms with Crippen LogP contribution in [-0.2, 0) is 20.7 Å². The van der Waals surface area contributed by atoms with Crippen LogP contribution in [0.4, 0.5) is 0 Å². The highest BCUT2D eigenvalue weighted by Gasteiger charge is 2.46. The van der Waals surface area contributed by atoms with E-state index >= 15 is 0 Å². The van der Waals surface area contributed by atoms with Crippen molar-refractivity contribution in [2.45, 2.75) is 19.4 Å². The van der Waals surface area contributed by atoms with Gasteiger partial charge in [0.15, 0.2) is 0 Å². The number of morpholine rings is 1. The molecular formula is C25H27ClN2O4. The standard InChI is InChI=1S/C25H27ClN2O4/c1-2-17-3-5-18(6-4-17)22-21(23(29)19-7-9-20(26)10-8-19)24(30)25(31)28(22)12-11-27-13-15-32-16-14-27/h3-10,22,29H,2,11-16H2,1H3/b23-21-. The number of carbonyl (C=O) groups is 2. The molecule has 0 bridgehead atoms. The minimum Gasteiger partial charge on any atom is -0.507 e. The number of carbonyl (C=O) groups excluding carboxylic acids is 2. The minimum atomic E-state index is -0.663. The number of hydrogen-bond donors (Lipinski definition) is 1. The third kappa shape index (κ3) is 4.58. The third-order valence-electron chi connectivity index (χ3n) is 6.12. The molecule has 0 saturated carbocycles. The van der Waals surface area contributed by atoms with Gasteiger partial charge in [0.2, 0.25) is 0 Å². The van der Waals surface area contributed by atoms with Crippen molar-refractivity contribution >= 4 is 29.1 Å². The SMILES string of the molecule is CCc1ccc(C2/C(=C(/O)c3ccc(Cl)cc3)C(=O)C(=O)N2CCN2CCOCC2)cc1. The fourth-order valence-electron chi connectivity index (χ4n) is 4.23. The van der Waals surface area contributed by atoms with Crippen molar-refractivity contribution in [1.29, 1.82) is 0 Å². The molecule has 0 aliphatic carbocycles. The van der Waals surface area contributed by atoms with Crippen LogP contribution in [0.2, 0.25) is 5.02 Å². The number of aryl methyl sites for hydroxylation is 1. The van der Waals surface area contributed by atoms with Gasteiger partial charge in [0.1, 0.15) is 5.76 Å². The predicted octanol–water partition coefficient (Wildman–Crippen LogP) is 3.66. The zero-order chi connectivity index (χ0) is 22.7. The number of benzene rings is 2. The van der Waals surface area contributed by atoms with Gasteiger partial charge in [0, 0.05) is 36.8 Å². The molecule has 0 radical (unpaired) electrons. The summed E-state index contributed by atoms with van der Waals surface area (Å²) in [6.45, 7) is 6.02. The number of aliphatic hydroxyl groups excluding tert-OH is 1. The van der Waals surface area contributed by atoms with Crippen LogP contribution in [-0.4, -0.2) is 66.0 Å². The molecule has 2 aliphatic heterocycles. The summed E-state index contributed by atoms with van der Waals surface area (Å²) in [5.41, 5.74) is 2.54. The Kier molecular flexibility index (Phi) is 6.94. The largest absolute Gasteiger partial charge is 0.507 e. The molecule has 7 heteroatoms. The highest BCUT2D eigenvalue weighted by molar-refractivity contribution is 6.46. The van der Waals surface area contributed by atoms with Gasteiger partial charge in [-0.3, -0.25) is 14.5 Å². The van der Waals surface area contributed by atoms with Crippen LogP contribution >= 0.6 is 11.6 Å². The van der Waals surface area contributed by atoms with E-state index in [9.17, 15) is 14.7 Å². The molecular weight excluding hydrogens is 428 g/mol. The quantitative estimate of drug-likeness (QED) is 0.410. The molecule has 2 fully saturated rings. The number of rotatable bonds is 6. The van der Waals surface area contributed by atoms with Crippen molar-refractivity contribution in [3.05, 3.63) is 75.8 Å². The molecule has 0 spiro atoms. The maximum absolute atomic E-state index is 13.1. The number of Topliss-reactive ketones (excluding diaryl/α,β-unsaturated/α-hetero) is 1. The topological polar surface area (TPSA) is 70.1 Å². The van der Waals surface area contributed by atoms with Crippen LogP contribution in [0.1, 0.15) is 29.7 Å². The lowest BCUT2D eigenvalue weighted by Crippen LogP contribution is -2.42. The Labute approximate surface area is 193 Å². The molecule has 6 nitrogen and oxygen atoms in total. The lowest BCUT2D eigenvalue weighted by atomic mass is 9.94. The Hall–Kier alpha value is -2.67. The van der Waals surface area contributed by atoms with Crippen LogP contribution in [0, 0.1) is 0 Å². The Morgan fingerprint density at radius 3 is 2.31 bits per heavy atom. The number of nitrogens with zero attached hydrogens (tertiary/aromatic N) is 2. The van der Waals surface area contributed by atoms with E-state index in [1.165, 1.54) is 0 Å². The van der Waals surface area contributed by atoms with E-state index in [-0.39, 0.29) is 11.3 Å². The molecule has 2 heterocycles. The average molecular weight is 455 g/mol. The summed E-state index contributed by atoms with van der Waals surface area (Å²) in [7, 11) is 0. The molecule has 2 aromatic carbocycles. The normalized spacial score (nSPS) is 21.3. The van der Waals surface area contributed by atoms with Gasteiger partial charge in [0.05, 0.1) is 24.8 Å². The van der Waals surface area contributed by atoms with E-state index in [1.54, 1.807) is 29.2 Å². The van der Waals surface area contributed by atoms with E-state index in [4.69, 9.17) is 16.3 Å². The Bertz CT molecular complexity index is 1010. The van der Waals surface area contributed by atoms with Crippen LogP contribution < -0.4 is 0 Å². The van der Waals surface area contributed by atoms with Crippen molar-refractivity contribution in [2.75, 3.05) is 39.4 Å². The summed E-state index contributed by atoms with van der Waals surface area (Å²) in [6.07, 6.45) is 0.891. The summed E-state index contributed by atoms with van der Waals surface area (Å²) >= 11 is 5.98. The smallest absolute Gasteiger partial charge is 0.295 e. The lowest BCUT2D eigenvalue weighted by molar-refractivity contribution is -0.140. The number of ether oxygens (including phenoxy) is 1. The fourth-order valence-corrected chi connectivity index (χ4v) is 4.36. The van der Waals surface area contributed by atoms with Crippen LogP contribution in [0.25, 0.3) is 5.76 Å². The van der Waals surface area contributed by atoms with Crippen LogP contribution in [0.15, 0.2) is 54.1 Å². The number of halogens is 1. The molecule has 2 aromatic rings. The summed E-state index contributed by atoms with van der Waals surface area (Å²) in [5.74, 6) is -1.43. The number of likely N-dealkylation sites (tertiary alicyclic amines) is 1. The Balaban J connectivity index is 1.72. The van der Waals surface area contributed by atoms with Gasteiger partial charge in [-0.05, 0) is 41.8 Å². The molecule has 1 amide bonds. The molecule has 1 atom stereocenters. The number of hydrogen-bond acceptors (Lipinski definition) is 5. The minimum absolute atomic E-state index is 0.114. The van der Waals surface area contributed by atoms with Gasteiger partial charge in [-0.2, -0.15) is 0 Å². The van der Waals surface area contributed by atoms with Gasteiger partial charge in [-0.25, -0.2) is 0 Å². The molecule has 1 N–H and O–H groups in total. The van der Waals surface area contributed by atoms with Gasteiger partial charge in [-0.1, -0.05) is 42.8 Å². The van der Waals surface area contributed by atoms with Gasteiger partial charge < -0.3 is 14.7 Å². The first-order chi connectivity index (χ1) is 15.5. The summed E-state index contributed by atoms with van der Waals surface area (Å²) in [4.78, 5) is 29.9. The van der Waals surface area contributed by atoms with E-state index in [0.29, 0.717) is 36.9 Å². The van der Waals surface area contributed by atoms with E-state index in [1.807, 2.05) is 24.3 Å². The molecule has 168 valence electrons. The van der Waals surface area contributed by atoms with Crippen LogP contribution in [0.3, 0.4) is 0 Å². The molecule has 2 saturated heterocycles. The van der Waals surface area contributed by atoms with E-state index in [0.717, 1.165) is 30.6 Å². The van der Waals surface area contributed by atoms with Crippen molar-refractivity contribution in [3.63, 3.8) is 0 Å². The van der Waals surface area contributed by atoms with Gasteiger partial charge in [0.25, 0.3) is 11.7 Å². The zero-order valence-electron chi connectivity index (χ0n) is 18.1. The van der Waals surface area contributed by atoms with E-state index < -0.39 is 17.7 Å². The maximum Gasteiger partial charge on any atom is 0.295 e. The summed E-state index contributed by atoms with van der Waals surface area (Å²) in [5, 5.41) is 11.6. The first kappa shape index (κ1) is 22.5. The second-order valence-electron chi connectivity index (χ2n) is 8.05. The zero-order valence-corrected chi connectivity index (χ0v) is 18.8. The third-order valence-corrected chi connectivity index (χ3v) is 6.37. The van der Waals surface area contributed by atoms with E-state index in [2.05, 4.69) is 11.8 Å². The highest BCUT2D eigenvalue weighted by atomic mass is 35.5. The van der Waals surface area contributed by atoms with Gasteiger partial charge in [-0.15, -0.1) is 0 Å². The maximum atomic E-state index is 13.1. The molecule has 4 rings (SSSR count). The van der Waals surface area contributed by atoms with Gasteiger partial charge >= 0.3 is 0 Å². The second-order valence-corrected chi connectivity index (χ2v) is 8.48. The Morgan fingerprint density at radius 2 is 1.69 bits per heavy atom. The number of aliphatic hydroxyl groups is 1. The highest BCUT2D eigenvalue weighted by Crippen LogP contribution is 2.39. The second kappa shape index (κ2) is 9.86.